The number of hydrogen-bond donors (Lipinski definition) is 1. The van der Waals surface area contributed by atoms with Gasteiger partial charge in [0, 0.05) is 13.2 Å². The first kappa shape index (κ1) is 14.8. The van der Waals surface area contributed by atoms with Crippen molar-refractivity contribution >= 4 is 0 Å². The Morgan fingerprint density at radius 3 is 2.41 bits per heavy atom. The Morgan fingerprint density at radius 2 is 1.94 bits per heavy atom. The van der Waals surface area contributed by atoms with Gasteiger partial charge in [-0.1, -0.05) is 13.8 Å². The predicted molar refractivity (Wildman–Crippen MR) is 60.9 cm³/mol. The van der Waals surface area contributed by atoms with Crippen LogP contribution in [0.5, 0.6) is 0 Å². The first-order valence-electron chi connectivity index (χ1n) is 6.21. The summed E-state index contributed by atoms with van der Waals surface area (Å²) in [7, 11) is 0. The molecule has 0 unspecified atom stereocenters. The summed E-state index contributed by atoms with van der Waals surface area (Å²) in [5.74, 6) is 0.677. The number of hydrogen-bond acceptors (Lipinski definition) is 2. The van der Waals surface area contributed by atoms with Crippen LogP contribution in [0.15, 0.2) is 0 Å². The molecule has 0 bridgehead atoms. The maximum Gasteiger partial charge on any atom is 0.411 e. The normalized spacial score (nSPS) is 18.7. The van der Waals surface area contributed by atoms with Crippen LogP contribution in [-0.4, -0.2) is 32.5 Å². The third-order valence-electron chi connectivity index (χ3n) is 3.50. The summed E-state index contributed by atoms with van der Waals surface area (Å²) in [4.78, 5) is 0. The summed E-state index contributed by atoms with van der Waals surface area (Å²) in [6, 6.07) is 0. The maximum atomic E-state index is 11.7. The minimum Gasteiger partial charge on any atom is -0.372 e. The maximum absolute atomic E-state index is 11.7. The van der Waals surface area contributed by atoms with E-state index in [0.717, 1.165) is 13.1 Å². The summed E-state index contributed by atoms with van der Waals surface area (Å²) in [6.45, 7) is 5.18. The lowest BCUT2D eigenvalue weighted by molar-refractivity contribution is -0.173. The molecule has 1 rings (SSSR count). The summed E-state index contributed by atoms with van der Waals surface area (Å²) in [5.41, 5.74) is 0.451. The Balaban J connectivity index is 1.92. The second kappa shape index (κ2) is 6.05. The largest absolute Gasteiger partial charge is 0.411 e. The Hall–Kier alpha value is -0.290. The molecule has 0 aromatic heterocycles. The van der Waals surface area contributed by atoms with Crippen LogP contribution in [0.1, 0.15) is 33.1 Å². The lowest BCUT2D eigenvalue weighted by Crippen LogP contribution is -2.29. The average molecular weight is 253 g/mol. The summed E-state index contributed by atoms with van der Waals surface area (Å²) in [5, 5.41) is 3.31. The number of nitrogens with one attached hydrogen (secondary N) is 1. The molecule has 0 atom stereocenters. The molecule has 0 amide bonds. The molecule has 0 aromatic carbocycles. The minimum atomic E-state index is -4.21. The molecule has 0 aromatic rings. The Bertz CT molecular complexity index is 224. The van der Waals surface area contributed by atoms with Gasteiger partial charge in [-0.25, -0.2) is 0 Å². The molecule has 2 nitrogen and oxygen atoms in total. The topological polar surface area (TPSA) is 21.3 Å². The predicted octanol–water partition coefficient (Wildman–Crippen LogP) is 2.98. The van der Waals surface area contributed by atoms with E-state index >= 15 is 0 Å². The zero-order valence-electron chi connectivity index (χ0n) is 10.6. The van der Waals surface area contributed by atoms with Crippen molar-refractivity contribution in [2.24, 2.45) is 11.3 Å². The van der Waals surface area contributed by atoms with Crippen molar-refractivity contribution in [3.63, 3.8) is 0 Å². The zero-order valence-corrected chi connectivity index (χ0v) is 10.6. The van der Waals surface area contributed by atoms with Crippen LogP contribution in [0.3, 0.4) is 0 Å². The van der Waals surface area contributed by atoms with E-state index in [-0.39, 0.29) is 6.61 Å². The average Bonchev–Trinajstić information content (AvgIpc) is 2.95. The fourth-order valence-corrected chi connectivity index (χ4v) is 1.94. The van der Waals surface area contributed by atoms with Crippen molar-refractivity contribution in [3.8, 4) is 0 Å². The molecular weight excluding hydrogens is 231 g/mol. The van der Waals surface area contributed by atoms with Gasteiger partial charge in [-0.3, -0.25) is 0 Å². The van der Waals surface area contributed by atoms with Gasteiger partial charge in [-0.15, -0.1) is 0 Å². The van der Waals surface area contributed by atoms with E-state index in [9.17, 15) is 13.2 Å². The van der Waals surface area contributed by atoms with E-state index in [1.165, 1.54) is 12.8 Å². The first-order valence-corrected chi connectivity index (χ1v) is 6.21. The van der Waals surface area contributed by atoms with Gasteiger partial charge in [-0.05, 0) is 37.1 Å². The SMILES string of the molecule is CC(C)C1(CNCCCOCC(F)(F)F)CC1. The molecule has 1 saturated carbocycles. The Kier molecular flexibility index (Phi) is 5.25. The minimum absolute atomic E-state index is 0.168. The highest BCUT2D eigenvalue weighted by Gasteiger charge is 2.44. The zero-order chi connectivity index (χ0) is 12.9. The van der Waals surface area contributed by atoms with Gasteiger partial charge in [0.25, 0.3) is 0 Å². The molecular formula is C12H22F3NO. The van der Waals surface area contributed by atoms with Crippen molar-refractivity contribution in [2.45, 2.75) is 39.3 Å². The van der Waals surface area contributed by atoms with Crippen molar-refractivity contribution in [2.75, 3.05) is 26.3 Å². The number of ether oxygens (including phenoxy) is 1. The molecule has 1 fully saturated rings. The standard InChI is InChI=1S/C12H22F3NO/c1-10(2)11(4-5-11)8-16-6-3-7-17-9-12(13,14)15/h10,16H,3-9H2,1-2H3. The molecule has 0 saturated heterocycles. The third-order valence-corrected chi connectivity index (χ3v) is 3.50. The van der Waals surface area contributed by atoms with E-state index < -0.39 is 12.8 Å². The van der Waals surface area contributed by atoms with Gasteiger partial charge < -0.3 is 10.1 Å². The molecule has 102 valence electrons. The molecule has 5 heteroatoms. The van der Waals surface area contributed by atoms with Crippen LogP contribution in [0.4, 0.5) is 13.2 Å². The highest BCUT2D eigenvalue weighted by molar-refractivity contribution is 4.96. The van der Waals surface area contributed by atoms with Gasteiger partial charge >= 0.3 is 6.18 Å². The van der Waals surface area contributed by atoms with Crippen LogP contribution in [0, 0.1) is 11.3 Å². The van der Waals surface area contributed by atoms with E-state index in [1.54, 1.807) is 0 Å². The van der Waals surface area contributed by atoms with Crippen LogP contribution in [0.2, 0.25) is 0 Å². The molecule has 0 aliphatic heterocycles. The molecule has 0 heterocycles. The number of rotatable bonds is 8. The Labute approximate surface area is 101 Å². The van der Waals surface area contributed by atoms with E-state index in [0.29, 0.717) is 17.8 Å². The number of halogens is 3. The Morgan fingerprint density at radius 1 is 1.29 bits per heavy atom. The smallest absolute Gasteiger partial charge is 0.372 e. The van der Waals surface area contributed by atoms with Crippen molar-refractivity contribution < 1.29 is 17.9 Å². The summed E-state index contributed by atoms with van der Waals surface area (Å²) < 4.78 is 39.8. The molecule has 1 aliphatic rings. The molecule has 0 radical (unpaired) electrons. The van der Waals surface area contributed by atoms with Crippen molar-refractivity contribution in [1.82, 2.24) is 5.32 Å². The lowest BCUT2D eigenvalue weighted by atomic mass is 9.92. The van der Waals surface area contributed by atoms with E-state index in [2.05, 4.69) is 23.9 Å². The quantitative estimate of drug-likeness (QED) is 0.671. The highest BCUT2D eigenvalue weighted by Crippen LogP contribution is 2.51. The lowest BCUT2D eigenvalue weighted by Gasteiger charge is -2.20. The second-order valence-corrected chi connectivity index (χ2v) is 5.22. The fourth-order valence-electron chi connectivity index (χ4n) is 1.94. The van der Waals surface area contributed by atoms with Crippen LogP contribution in [0.25, 0.3) is 0 Å². The third kappa shape index (κ3) is 5.73. The molecule has 1 aliphatic carbocycles. The van der Waals surface area contributed by atoms with Gasteiger partial charge in [-0.2, -0.15) is 13.2 Å². The van der Waals surface area contributed by atoms with Gasteiger partial charge in [0.2, 0.25) is 0 Å². The van der Waals surface area contributed by atoms with Crippen LogP contribution < -0.4 is 5.32 Å². The summed E-state index contributed by atoms with van der Waals surface area (Å²) >= 11 is 0. The van der Waals surface area contributed by atoms with Gasteiger partial charge in [0.15, 0.2) is 0 Å². The van der Waals surface area contributed by atoms with Crippen LogP contribution >= 0.6 is 0 Å². The van der Waals surface area contributed by atoms with Crippen LogP contribution in [-0.2, 0) is 4.74 Å². The molecule has 17 heavy (non-hydrogen) atoms. The van der Waals surface area contributed by atoms with Crippen molar-refractivity contribution in [3.05, 3.63) is 0 Å². The number of alkyl halides is 3. The molecule has 0 spiro atoms. The van der Waals surface area contributed by atoms with Gasteiger partial charge in [0.05, 0.1) is 0 Å². The van der Waals surface area contributed by atoms with E-state index in [1.807, 2.05) is 0 Å². The van der Waals surface area contributed by atoms with E-state index in [4.69, 9.17) is 0 Å². The summed E-state index contributed by atoms with van der Waals surface area (Å²) in [6.07, 6.45) is -1.04. The molecule has 1 N–H and O–H groups in total. The fraction of sp³-hybridized carbons (Fsp3) is 1.00. The second-order valence-electron chi connectivity index (χ2n) is 5.22. The monoisotopic (exact) mass is 253 g/mol. The van der Waals surface area contributed by atoms with Gasteiger partial charge in [0.1, 0.15) is 6.61 Å². The van der Waals surface area contributed by atoms with Crippen molar-refractivity contribution in [1.29, 1.82) is 0 Å². The first-order chi connectivity index (χ1) is 7.86. The highest BCUT2D eigenvalue weighted by atomic mass is 19.4.